The van der Waals surface area contributed by atoms with E-state index in [0.29, 0.717) is 6.54 Å². The van der Waals surface area contributed by atoms with Crippen LogP contribution in [-0.2, 0) is 25.7 Å². The highest BCUT2D eigenvalue weighted by molar-refractivity contribution is 5.72. The van der Waals surface area contributed by atoms with Crippen molar-refractivity contribution in [1.29, 1.82) is 0 Å². The molecule has 0 aliphatic carbocycles. The van der Waals surface area contributed by atoms with Crippen molar-refractivity contribution in [2.45, 2.75) is 73.1 Å². The molecule has 1 N–H and O–H groups in total. The highest BCUT2D eigenvalue weighted by Crippen LogP contribution is 2.34. The predicted molar refractivity (Wildman–Crippen MR) is 103 cm³/mol. The summed E-state index contributed by atoms with van der Waals surface area (Å²) in [5.74, 6) is 0.593. The van der Waals surface area contributed by atoms with Crippen molar-refractivity contribution in [1.82, 2.24) is 5.32 Å². The molecule has 0 saturated carbocycles. The van der Waals surface area contributed by atoms with Crippen LogP contribution in [0.15, 0.2) is 24.3 Å². The van der Waals surface area contributed by atoms with Gasteiger partial charge >= 0.3 is 12.1 Å². The zero-order valence-electron chi connectivity index (χ0n) is 17.8. The topological polar surface area (TPSA) is 81.7 Å². The molecule has 1 aromatic rings. The summed E-state index contributed by atoms with van der Waals surface area (Å²) in [6.07, 6.45) is 0.250. The summed E-state index contributed by atoms with van der Waals surface area (Å²) in [5.41, 5.74) is 0.360. The van der Waals surface area contributed by atoms with Crippen molar-refractivity contribution in [2.24, 2.45) is 5.41 Å². The van der Waals surface area contributed by atoms with Gasteiger partial charge in [-0.25, -0.2) is 0 Å². The predicted octanol–water partition coefficient (Wildman–Crippen LogP) is 3.74. The first-order valence-electron chi connectivity index (χ1n) is 8.91. The molecular formula is C21H33NO5. The molecule has 0 unspecified atom stereocenters. The van der Waals surface area contributed by atoms with Crippen LogP contribution in [0.25, 0.3) is 0 Å². The maximum Gasteiger partial charge on any atom is 0.373 e. The summed E-state index contributed by atoms with van der Waals surface area (Å²) in [4.78, 5) is 28.0. The molecule has 6 nitrogen and oxygen atoms in total. The van der Waals surface area contributed by atoms with Gasteiger partial charge in [0.05, 0.1) is 6.54 Å². The molecule has 6 heteroatoms. The largest absolute Gasteiger partial charge is 0.487 e. The van der Waals surface area contributed by atoms with Crippen LogP contribution < -0.4 is 10.1 Å². The van der Waals surface area contributed by atoms with Crippen molar-refractivity contribution < 1.29 is 23.9 Å². The van der Waals surface area contributed by atoms with Crippen molar-refractivity contribution in [3.63, 3.8) is 0 Å². The molecule has 27 heavy (non-hydrogen) atoms. The molecule has 0 amide bonds. The maximum atomic E-state index is 11.7. The smallest absolute Gasteiger partial charge is 0.373 e. The fraction of sp³-hybridized carbons (Fsp3) is 0.619. The van der Waals surface area contributed by atoms with Crippen LogP contribution in [0.2, 0.25) is 0 Å². The first-order chi connectivity index (χ1) is 12.2. The van der Waals surface area contributed by atoms with Crippen LogP contribution in [0.1, 0.15) is 61.0 Å². The Kier molecular flexibility index (Phi) is 9.42. The van der Waals surface area contributed by atoms with E-state index < -0.39 is 5.60 Å². The van der Waals surface area contributed by atoms with Crippen molar-refractivity contribution in [3.05, 3.63) is 29.8 Å². The molecule has 0 radical (unpaired) electrons. The molecule has 0 saturated heterocycles. The minimum Gasteiger partial charge on any atom is -0.487 e. The zero-order valence-corrected chi connectivity index (χ0v) is 17.8. The van der Waals surface area contributed by atoms with Gasteiger partial charge < -0.3 is 14.8 Å². The molecule has 0 aliphatic rings. The molecule has 1 rings (SSSR count). The number of carbonyl (C=O) groups is 1. The van der Waals surface area contributed by atoms with Crippen LogP contribution in [0.3, 0.4) is 0 Å². The normalized spacial score (nSPS) is 11.7. The Hall–Kier alpha value is -2.17. The highest BCUT2D eigenvalue weighted by atomic mass is 16.6. The van der Waals surface area contributed by atoms with Gasteiger partial charge in [0, 0.05) is 12.0 Å². The fourth-order valence-electron chi connectivity index (χ4n) is 1.85. The molecule has 0 heterocycles. The van der Waals surface area contributed by atoms with Gasteiger partial charge in [-0.15, -0.1) is 0 Å². The van der Waals surface area contributed by atoms with Gasteiger partial charge in [0.15, 0.2) is 0 Å². The summed E-state index contributed by atoms with van der Waals surface area (Å²) >= 11 is 0. The lowest BCUT2D eigenvalue weighted by atomic mass is 9.79. The molecule has 0 atom stereocenters. The Morgan fingerprint density at radius 3 is 2.07 bits per heavy atom. The van der Waals surface area contributed by atoms with Gasteiger partial charge in [0.1, 0.15) is 17.0 Å². The second-order valence-corrected chi connectivity index (χ2v) is 8.78. The number of hydrogen-bond acceptors (Lipinski definition) is 6. The van der Waals surface area contributed by atoms with Gasteiger partial charge in [0.25, 0.3) is 0 Å². The van der Waals surface area contributed by atoms with E-state index >= 15 is 0 Å². The summed E-state index contributed by atoms with van der Waals surface area (Å²) in [5, 5.41) is 3.11. The Bertz CT molecular complexity index is 633. The van der Waals surface area contributed by atoms with Gasteiger partial charge in [-0.05, 0) is 52.3 Å². The third-order valence-corrected chi connectivity index (χ3v) is 4.10. The van der Waals surface area contributed by atoms with E-state index in [1.807, 2.05) is 45.0 Å². The quantitative estimate of drug-likeness (QED) is 0.758. The van der Waals surface area contributed by atoms with Crippen molar-refractivity contribution >= 4 is 12.1 Å². The maximum absolute atomic E-state index is 11.7. The lowest BCUT2D eigenvalue weighted by Crippen LogP contribution is -2.42. The molecule has 0 bridgehead atoms. The van der Waals surface area contributed by atoms with Gasteiger partial charge in [-0.3, -0.25) is 4.79 Å². The first-order valence-corrected chi connectivity index (χ1v) is 8.91. The van der Waals surface area contributed by atoms with Crippen LogP contribution in [0.4, 0.5) is 0 Å². The van der Waals surface area contributed by atoms with Gasteiger partial charge in [-0.2, -0.15) is 9.59 Å². The Morgan fingerprint density at radius 2 is 1.59 bits per heavy atom. The summed E-state index contributed by atoms with van der Waals surface area (Å²) in [7, 11) is 0. The van der Waals surface area contributed by atoms with Crippen LogP contribution in [0.5, 0.6) is 5.75 Å². The third-order valence-electron chi connectivity index (χ3n) is 4.10. The number of ether oxygens (including phenoxy) is 2. The van der Waals surface area contributed by atoms with E-state index in [1.165, 1.54) is 0 Å². The first kappa shape index (κ1) is 24.8. The molecular weight excluding hydrogens is 346 g/mol. The van der Waals surface area contributed by atoms with E-state index in [0.717, 1.165) is 11.3 Å². The van der Waals surface area contributed by atoms with E-state index in [9.17, 15) is 4.79 Å². The Morgan fingerprint density at radius 1 is 1.04 bits per heavy atom. The molecule has 0 fully saturated rings. The number of benzene rings is 1. The zero-order chi connectivity index (χ0) is 21.3. The molecule has 0 spiro atoms. The summed E-state index contributed by atoms with van der Waals surface area (Å²) < 4.78 is 11.5. The second-order valence-electron chi connectivity index (χ2n) is 8.78. The standard InChI is InChI=1S/C20H33NO3.CO2/c1-18(2,3)20(7,8)23-16-11-9-10-15(12-16)13-21-14-17(22)24-19(4,5)6;2-1-3/h9-12,21H,13-14H2,1-8H3;. The fourth-order valence-corrected chi connectivity index (χ4v) is 1.85. The molecule has 0 aliphatic heterocycles. The third kappa shape index (κ3) is 10.5. The average molecular weight is 379 g/mol. The SMILES string of the molecule is CC(C)(C)OC(=O)CNCc1cccc(OC(C)(C)C(C)(C)C)c1.O=C=O. The van der Waals surface area contributed by atoms with Crippen LogP contribution in [-0.4, -0.2) is 29.9 Å². The minimum atomic E-state index is -0.453. The lowest BCUT2D eigenvalue weighted by molar-refractivity contribution is -0.191. The number of hydrogen-bond donors (Lipinski definition) is 1. The minimum absolute atomic E-state index is 0.0258. The van der Waals surface area contributed by atoms with E-state index in [4.69, 9.17) is 19.1 Å². The van der Waals surface area contributed by atoms with Gasteiger partial charge in [0.2, 0.25) is 0 Å². The second kappa shape index (κ2) is 10.2. The van der Waals surface area contributed by atoms with E-state index in [2.05, 4.69) is 39.9 Å². The van der Waals surface area contributed by atoms with Gasteiger partial charge in [-0.1, -0.05) is 32.9 Å². The van der Waals surface area contributed by atoms with Crippen molar-refractivity contribution in [3.8, 4) is 5.75 Å². The average Bonchev–Trinajstić information content (AvgIpc) is 2.44. The summed E-state index contributed by atoms with van der Waals surface area (Å²) in [6, 6.07) is 7.96. The van der Waals surface area contributed by atoms with E-state index in [1.54, 1.807) is 0 Å². The van der Waals surface area contributed by atoms with Crippen LogP contribution >= 0.6 is 0 Å². The van der Waals surface area contributed by atoms with Crippen molar-refractivity contribution in [2.75, 3.05) is 6.54 Å². The van der Waals surface area contributed by atoms with Crippen LogP contribution in [0, 0.1) is 5.41 Å². The molecule has 0 aromatic heterocycles. The number of rotatable bonds is 6. The number of nitrogens with one attached hydrogen (secondary N) is 1. The monoisotopic (exact) mass is 379 g/mol. The number of carbonyl (C=O) groups excluding carboxylic acids is 3. The molecule has 152 valence electrons. The summed E-state index contributed by atoms with van der Waals surface area (Å²) in [6.45, 7) is 17.1. The Balaban J connectivity index is 0.00000210. The molecule has 1 aromatic carbocycles. The van der Waals surface area contributed by atoms with E-state index in [-0.39, 0.29) is 29.7 Å². The number of esters is 1. The highest BCUT2D eigenvalue weighted by Gasteiger charge is 2.34. The lowest BCUT2D eigenvalue weighted by Gasteiger charge is -2.39. The Labute approximate surface area is 162 Å².